The van der Waals surface area contributed by atoms with Crippen LogP contribution < -0.4 is 16.6 Å². The molecule has 21 heavy (non-hydrogen) atoms. The molecule has 0 radical (unpaired) electrons. The lowest BCUT2D eigenvalue weighted by atomic mass is 10.2. The number of benzene rings is 1. The lowest BCUT2D eigenvalue weighted by Crippen LogP contribution is -2.33. The Hall–Kier alpha value is -3.09. The summed E-state index contributed by atoms with van der Waals surface area (Å²) in [6.07, 6.45) is 2.98. The van der Waals surface area contributed by atoms with Gasteiger partial charge in [-0.2, -0.15) is 0 Å². The zero-order valence-corrected chi connectivity index (χ0v) is 11.1. The fourth-order valence-corrected chi connectivity index (χ4v) is 2.10. The van der Waals surface area contributed by atoms with Gasteiger partial charge in [0, 0.05) is 24.8 Å². The van der Waals surface area contributed by atoms with E-state index in [1.165, 1.54) is 13.2 Å². The van der Waals surface area contributed by atoms with Gasteiger partial charge in [-0.05, 0) is 12.1 Å². The highest BCUT2D eigenvalue weighted by atomic mass is 16.2. The normalized spacial score (nSPS) is 10.7. The third-order valence-corrected chi connectivity index (χ3v) is 3.19. The van der Waals surface area contributed by atoms with Crippen molar-refractivity contribution in [3.8, 4) is 0 Å². The number of amides is 1. The lowest BCUT2D eigenvalue weighted by Gasteiger charge is -2.07. The molecule has 3 rings (SSSR count). The van der Waals surface area contributed by atoms with E-state index in [4.69, 9.17) is 0 Å². The monoisotopic (exact) mass is 284 g/mol. The Bertz CT molecular complexity index is 948. The van der Waals surface area contributed by atoms with Crippen LogP contribution in [0.2, 0.25) is 0 Å². The molecule has 0 aliphatic heterocycles. The van der Waals surface area contributed by atoms with Gasteiger partial charge in [0.15, 0.2) is 0 Å². The second kappa shape index (κ2) is 4.78. The number of carbonyl (C=O) groups excluding carboxylic acids is 1. The van der Waals surface area contributed by atoms with E-state index in [0.29, 0.717) is 5.69 Å². The first kappa shape index (κ1) is 12.9. The van der Waals surface area contributed by atoms with Crippen LogP contribution in [0, 0.1) is 0 Å². The number of rotatable bonds is 2. The van der Waals surface area contributed by atoms with Crippen LogP contribution in [0.15, 0.2) is 46.2 Å². The number of carbonyl (C=O) groups is 1. The summed E-state index contributed by atoms with van der Waals surface area (Å²) >= 11 is 0. The Morgan fingerprint density at radius 1 is 1.24 bits per heavy atom. The number of aromatic amines is 2. The maximum absolute atomic E-state index is 12.2. The molecule has 2 aromatic heterocycles. The summed E-state index contributed by atoms with van der Waals surface area (Å²) in [5.74, 6) is -0.575. The van der Waals surface area contributed by atoms with E-state index < -0.39 is 17.2 Å². The molecule has 1 amide bonds. The lowest BCUT2D eigenvalue weighted by molar-refractivity contribution is 0.102. The molecule has 3 N–H and O–H groups in total. The highest BCUT2D eigenvalue weighted by Gasteiger charge is 2.13. The second-order valence-electron chi connectivity index (χ2n) is 4.61. The predicted octanol–water partition coefficient (Wildman–Crippen LogP) is 0.807. The van der Waals surface area contributed by atoms with Crippen LogP contribution in [0.5, 0.6) is 0 Å². The van der Waals surface area contributed by atoms with E-state index in [-0.39, 0.29) is 5.56 Å². The molecule has 3 aromatic rings. The van der Waals surface area contributed by atoms with Crippen molar-refractivity contribution in [3.05, 3.63) is 63.1 Å². The van der Waals surface area contributed by atoms with Crippen molar-refractivity contribution in [1.82, 2.24) is 14.5 Å². The predicted molar refractivity (Wildman–Crippen MR) is 78.6 cm³/mol. The van der Waals surface area contributed by atoms with Gasteiger partial charge in [-0.3, -0.25) is 14.6 Å². The van der Waals surface area contributed by atoms with Crippen LogP contribution in [-0.4, -0.2) is 20.4 Å². The van der Waals surface area contributed by atoms with Crippen LogP contribution in [0.25, 0.3) is 10.9 Å². The Kier molecular flexibility index (Phi) is 2.94. The quantitative estimate of drug-likeness (QED) is 0.649. The minimum Gasteiger partial charge on any atom is -0.359 e. The van der Waals surface area contributed by atoms with Gasteiger partial charge in [-0.15, -0.1) is 0 Å². The van der Waals surface area contributed by atoms with Crippen LogP contribution >= 0.6 is 0 Å². The van der Waals surface area contributed by atoms with Gasteiger partial charge < -0.3 is 14.9 Å². The first-order chi connectivity index (χ1) is 10.1. The van der Waals surface area contributed by atoms with Crippen molar-refractivity contribution in [1.29, 1.82) is 0 Å². The number of fused-ring (bicyclic) bond motifs is 1. The summed E-state index contributed by atoms with van der Waals surface area (Å²) in [6.45, 7) is 0. The van der Waals surface area contributed by atoms with Crippen molar-refractivity contribution in [2.45, 2.75) is 0 Å². The Morgan fingerprint density at radius 3 is 2.86 bits per heavy atom. The Morgan fingerprint density at radius 2 is 2.05 bits per heavy atom. The average Bonchev–Trinajstić information content (AvgIpc) is 2.92. The van der Waals surface area contributed by atoms with Crippen molar-refractivity contribution in [2.24, 2.45) is 7.05 Å². The maximum atomic E-state index is 12.2. The minimum absolute atomic E-state index is 0.124. The smallest absolute Gasteiger partial charge is 0.328 e. The molecule has 0 saturated heterocycles. The molecule has 0 saturated carbocycles. The number of H-pyrrole nitrogens is 2. The summed E-state index contributed by atoms with van der Waals surface area (Å²) in [5, 5.41) is 3.62. The molecule has 0 unspecified atom stereocenters. The van der Waals surface area contributed by atoms with Crippen molar-refractivity contribution in [2.75, 3.05) is 5.32 Å². The van der Waals surface area contributed by atoms with Crippen molar-refractivity contribution in [3.63, 3.8) is 0 Å². The maximum Gasteiger partial charge on any atom is 0.328 e. The van der Waals surface area contributed by atoms with Gasteiger partial charge in [0.2, 0.25) is 0 Å². The van der Waals surface area contributed by atoms with Gasteiger partial charge in [-0.1, -0.05) is 12.1 Å². The van der Waals surface area contributed by atoms with Gasteiger partial charge in [0.1, 0.15) is 5.56 Å². The topological polar surface area (TPSA) is 99.8 Å². The Labute approximate surface area is 118 Å². The number of hydrogen-bond acceptors (Lipinski definition) is 3. The van der Waals surface area contributed by atoms with E-state index in [9.17, 15) is 14.4 Å². The van der Waals surface area contributed by atoms with E-state index in [1.54, 1.807) is 18.3 Å². The molecular formula is C14H12N4O3. The summed E-state index contributed by atoms with van der Waals surface area (Å²) < 4.78 is 1.14. The van der Waals surface area contributed by atoms with Crippen molar-refractivity contribution >= 4 is 22.5 Å². The van der Waals surface area contributed by atoms with Crippen LogP contribution in [-0.2, 0) is 7.05 Å². The van der Waals surface area contributed by atoms with Gasteiger partial charge in [0.25, 0.3) is 11.5 Å². The molecule has 106 valence electrons. The van der Waals surface area contributed by atoms with Crippen molar-refractivity contribution < 1.29 is 4.79 Å². The fraction of sp³-hybridized carbons (Fsp3) is 0.0714. The molecule has 2 heterocycles. The summed E-state index contributed by atoms with van der Waals surface area (Å²) in [5.41, 5.74) is -0.0687. The van der Waals surface area contributed by atoms with Gasteiger partial charge >= 0.3 is 5.69 Å². The largest absolute Gasteiger partial charge is 0.359 e. The SMILES string of the molecule is Cn1cc(C(=O)Nc2cccc3cc[nH]c23)c(=O)[nH]c1=O. The summed E-state index contributed by atoms with van der Waals surface area (Å²) in [4.78, 5) is 40.3. The highest BCUT2D eigenvalue weighted by molar-refractivity contribution is 6.08. The number of nitrogens with zero attached hydrogens (tertiary/aromatic N) is 1. The number of anilines is 1. The van der Waals surface area contributed by atoms with E-state index in [0.717, 1.165) is 15.5 Å². The fourth-order valence-electron chi connectivity index (χ4n) is 2.10. The van der Waals surface area contributed by atoms with E-state index >= 15 is 0 Å². The zero-order chi connectivity index (χ0) is 15.0. The molecule has 0 aliphatic carbocycles. The molecular weight excluding hydrogens is 272 g/mol. The highest BCUT2D eigenvalue weighted by Crippen LogP contribution is 2.21. The average molecular weight is 284 g/mol. The molecule has 0 fully saturated rings. The number of para-hydroxylation sites is 1. The van der Waals surface area contributed by atoms with E-state index in [1.807, 2.05) is 12.1 Å². The van der Waals surface area contributed by atoms with Crippen LogP contribution in [0.4, 0.5) is 5.69 Å². The molecule has 1 aromatic carbocycles. The number of hydrogen-bond donors (Lipinski definition) is 3. The summed E-state index contributed by atoms with van der Waals surface area (Å²) in [6, 6.07) is 7.31. The minimum atomic E-state index is -0.714. The number of aryl methyl sites for hydroxylation is 1. The first-order valence-electron chi connectivity index (χ1n) is 6.23. The van der Waals surface area contributed by atoms with Crippen LogP contribution in [0.1, 0.15) is 10.4 Å². The third kappa shape index (κ3) is 2.25. The zero-order valence-electron chi connectivity index (χ0n) is 11.1. The van der Waals surface area contributed by atoms with E-state index in [2.05, 4.69) is 15.3 Å². The summed E-state index contributed by atoms with van der Waals surface area (Å²) in [7, 11) is 1.46. The second-order valence-corrected chi connectivity index (χ2v) is 4.61. The molecule has 0 aliphatic rings. The van der Waals surface area contributed by atoms with Gasteiger partial charge in [0.05, 0.1) is 11.2 Å². The first-order valence-corrected chi connectivity index (χ1v) is 6.23. The molecule has 0 atom stereocenters. The molecule has 7 heteroatoms. The molecule has 0 bridgehead atoms. The third-order valence-electron chi connectivity index (χ3n) is 3.19. The number of nitrogens with one attached hydrogen (secondary N) is 3. The molecule has 0 spiro atoms. The number of aromatic nitrogens is 3. The van der Waals surface area contributed by atoms with Crippen LogP contribution in [0.3, 0.4) is 0 Å². The Balaban J connectivity index is 2.01. The van der Waals surface area contributed by atoms with Gasteiger partial charge in [-0.25, -0.2) is 4.79 Å². The standard InChI is InChI=1S/C14H12N4O3/c1-18-7-9(13(20)17-14(18)21)12(19)16-10-4-2-3-8-5-6-15-11(8)10/h2-7,15H,1H3,(H,16,19)(H,17,20,21). The molecule has 7 nitrogen and oxygen atoms in total.